The molecule has 6 nitrogen and oxygen atoms in total. The number of para-hydroxylation sites is 1. The van der Waals surface area contributed by atoms with Crippen molar-refractivity contribution in [2.75, 3.05) is 33.8 Å². The summed E-state index contributed by atoms with van der Waals surface area (Å²) in [6, 6.07) is 8.62. The van der Waals surface area contributed by atoms with Crippen LogP contribution in [0.1, 0.15) is 38.2 Å². The highest BCUT2D eigenvalue weighted by atomic mass is 16.5. The van der Waals surface area contributed by atoms with Crippen molar-refractivity contribution in [3.63, 3.8) is 0 Å². The third kappa shape index (κ3) is 3.26. The number of amides is 1. The summed E-state index contributed by atoms with van der Waals surface area (Å²) < 4.78 is 5.57. The Hall–Kier alpha value is -2.24. The number of methoxy groups -OCH3 is 1. The van der Waals surface area contributed by atoms with E-state index in [9.17, 15) is 4.79 Å². The van der Waals surface area contributed by atoms with E-state index in [1.807, 2.05) is 19.2 Å². The maximum atomic E-state index is 11.8. The Balaban J connectivity index is 1.45. The first kappa shape index (κ1) is 18.1. The van der Waals surface area contributed by atoms with E-state index < -0.39 is 0 Å². The highest BCUT2D eigenvalue weighted by Crippen LogP contribution is 2.51. The van der Waals surface area contributed by atoms with Gasteiger partial charge in [-0.05, 0) is 25.3 Å². The largest absolute Gasteiger partial charge is 0.496 e. The van der Waals surface area contributed by atoms with E-state index in [-0.39, 0.29) is 16.7 Å². The van der Waals surface area contributed by atoms with Crippen molar-refractivity contribution in [2.24, 2.45) is 10.4 Å². The first-order chi connectivity index (χ1) is 13.0. The number of rotatable bonds is 3. The first-order valence-corrected chi connectivity index (χ1v) is 9.88. The number of likely N-dealkylation sites (tertiary alicyclic amines) is 1. The fourth-order valence-corrected chi connectivity index (χ4v) is 4.87. The average Bonchev–Trinajstić information content (AvgIpc) is 3.22. The van der Waals surface area contributed by atoms with Gasteiger partial charge in [-0.3, -0.25) is 9.79 Å². The SMILES string of the molecule is CN=C(NC1CC1(C)c1ccccc1OC)N1CCCC2(CNC(=O)C2)C1. The smallest absolute Gasteiger partial charge is 0.220 e. The maximum Gasteiger partial charge on any atom is 0.220 e. The van der Waals surface area contributed by atoms with E-state index in [1.54, 1.807) is 7.11 Å². The van der Waals surface area contributed by atoms with E-state index >= 15 is 0 Å². The van der Waals surface area contributed by atoms with Gasteiger partial charge in [0.2, 0.25) is 5.91 Å². The van der Waals surface area contributed by atoms with Crippen LogP contribution in [0.2, 0.25) is 0 Å². The zero-order valence-corrected chi connectivity index (χ0v) is 16.5. The molecule has 3 fully saturated rings. The fraction of sp³-hybridized carbons (Fsp3) is 0.619. The Morgan fingerprint density at radius 1 is 1.41 bits per heavy atom. The van der Waals surface area contributed by atoms with Gasteiger partial charge in [0.25, 0.3) is 0 Å². The molecule has 6 heteroatoms. The summed E-state index contributed by atoms with van der Waals surface area (Å²) in [5.41, 5.74) is 1.38. The summed E-state index contributed by atoms with van der Waals surface area (Å²) in [6.07, 6.45) is 3.92. The van der Waals surface area contributed by atoms with Crippen LogP contribution in [0, 0.1) is 5.41 Å². The van der Waals surface area contributed by atoms with Gasteiger partial charge in [0.15, 0.2) is 5.96 Å². The van der Waals surface area contributed by atoms with Crippen molar-refractivity contribution in [3.05, 3.63) is 29.8 Å². The van der Waals surface area contributed by atoms with Gasteiger partial charge in [-0.1, -0.05) is 25.1 Å². The number of nitrogens with one attached hydrogen (secondary N) is 2. The van der Waals surface area contributed by atoms with Crippen LogP contribution in [-0.2, 0) is 10.2 Å². The Labute approximate surface area is 161 Å². The topological polar surface area (TPSA) is 66.0 Å². The maximum absolute atomic E-state index is 11.8. The Bertz CT molecular complexity index is 764. The van der Waals surface area contributed by atoms with Crippen molar-refractivity contribution in [1.82, 2.24) is 15.5 Å². The van der Waals surface area contributed by atoms with Crippen LogP contribution in [0.25, 0.3) is 0 Å². The molecule has 0 radical (unpaired) electrons. The van der Waals surface area contributed by atoms with E-state index in [1.165, 1.54) is 5.56 Å². The summed E-state index contributed by atoms with van der Waals surface area (Å²) in [7, 11) is 3.58. The fourth-order valence-electron chi connectivity index (χ4n) is 4.87. The lowest BCUT2D eigenvalue weighted by Gasteiger charge is -2.41. The third-order valence-corrected chi connectivity index (χ3v) is 6.63. The monoisotopic (exact) mass is 370 g/mol. The minimum atomic E-state index is 0.0564. The lowest BCUT2D eigenvalue weighted by atomic mass is 9.79. The first-order valence-electron chi connectivity index (χ1n) is 9.88. The highest BCUT2D eigenvalue weighted by molar-refractivity contribution is 5.82. The summed E-state index contributed by atoms with van der Waals surface area (Å²) in [6.45, 7) is 4.96. The normalized spacial score (nSPS) is 33.1. The van der Waals surface area contributed by atoms with Gasteiger partial charge in [-0.25, -0.2) is 0 Å². The van der Waals surface area contributed by atoms with E-state index in [2.05, 4.69) is 39.6 Å². The van der Waals surface area contributed by atoms with Crippen LogP contribution < -0.4 is 15.4 Å². The van der Waals surface area contributed by atoms with Gasteiger partial charge in [0.05, 0.1) is 7.11 Å². The van der Waals surface area contributed by atoms with Crippen molar-refractivity contribution >= 4 is 11.9 Å². The number of nitrogens with zero attached hydrogens (tertiary/aromatic N) is 2. The minimum absolute atomic E-state index is 0.0564. The molecular formula is C21H30N4O2. The van der Waals surface area contributed by atoms with Crippen molar-refractivity contribution in [1.29, 1.82) is 0 Å². The second-order valence-electron chi connectivity index (χ2n) is 8.54. The summed E-state index contributed by atoms with van der Waals surface area (Å²) in [4.78, 5) is 18.7. The Kier molecular flexibility index (Phi) is 4.52. The number of carbonyl (C=O) groups excluding carboxylic acids is 1. The number of aliphatic imine (C=N–C) groups is 1. The number of benzene rings is 1. The van der Waals surface area contributed by atoms with Crippen molar-refractivity contribution < 1.29 is 9.53 Å². The van der Waals surface area contributed by atoms with E-state index in [0.717, 1.165) is 50.6 Å². The summed E-state index contributed by atoms with van der Waals surface area (Å²) in [5, 5.41) is 6.70. The van der Waals surface area contributed by atoms with Gasteiger partial charge < -0.3 is 20.3 Å². The Morgan fingerprint density at radius 2 is 2.22 bits per heavy atom. The molecule has 146 valence electrons. The zero-order valence-electron chi connectivity index (χ0n) is 16.5. The van der Waals surface area contributed by atoms with E-state index in [4.69, 9.17) is 4.74 Å². The van der Waals surface area contributed by atoms with Crippen LogP contribution in [0.5, 0.6) is 5.75 Å². The predicted molar refractivity (Wildman–Crippen MR) is 106 cm³/mol. The zero-order chi connectivity index (χ0) is 19.1. The molecule has 2 N–H and O–H groups in total. The molecule has 1 aromatic carbocycles. The second-order valence-corrected chi connectivity index (χ2v) is 8.54. The van der Waals surface area contributed by atoms with Crippen molar-refractivity contribution in [3.8, 4) is 5.75 Å². The average molecular weight is 370 g/mol. The molecule has 3 aliphatic rings. The molecule has 2 heterocycles. The molecule has 2 aliphatic heterocycles. The molecule has 1 aliphatic carbocycles. The molecule has 0 aromatic heterocycles. The highest BCUT2D eigenvalue weighted by Gasteiger charge is 2.54. The van der Waals surface area contributed by atoms with Gasteiger partial charge >= 0.3 is 0 Å². The molecule has 27 heavy (non-hydrogen) atoms. The Morgan fingerprint density at radius 3 is 2.93 bits per heavy atom. The standard InChI is InChI=1S/C21H30N4O2/c1-20(15-7-4-5-8-16(15)27-3)11-17(20)24-19(22-2)25-10-6-9-21(14-25)12-18(26)23-13-21/h4-5,7-8,17H,6,9-14H2,1-3H3,(H,22,24)(H,23,26). The second kappa shape index (κ2) is 6.73. The van der Waals surface area contributed by atoms with Crippen LogP contribution >= 0.6 is 0 Å². The number of piperidine rings is 1. The quantitative estimate of drug-likeness (QED) is 0.630. The number of hydrogen-bond donors (Lipinski definition) is 2. The molecule has 0 bridgehead atoms. The molecule has 3 unspecified atom stereocenters. The number of carbonyl (C=O) groups is 1. The molecule has 4 rings (SSSR count). The molecule has 1 amide bonds. The van der Waals surface area contributed by atoms with Crippen LogP contribution in [0.15, 0.2) is 29.3 Å². The predicted octanol–water partition coefficient (Wildman–Crippen LogP) is 1.90. The molecule has 3 atom stereocenters. The minimum Gasteiger partial charge on any atom is -0.496 e. The van der Waals surface area contributed by atoms with Gasteiger partial charge in [0.1, 0.15) is 5.75 Å². The van der Waals surface area contributed by atoms with Gasteiger partial charge in [0, 0.05) is 55.5 Å². The summed E-state index contributed by atoms with van der Waals surface area (Å²) in [5.74, 6) is 2.09. The molecule has 1 spiro atoms. The number of ether oxygens (including phenoxy) is 1. The third-order valence-electron chi connectivity index (χ3n) is 6.63. The lowest BCUT2D eigenvalue weighted by Crippen LogP contribution is -2.52. The summed E-state index contributed by atoms with van der Waals surface area (Å²) >= 11 is 0. The van der Waals surface area contributed by atoms with Crippen LogP contribution in [0.3, 0.4) is 0 Å². The van der Waals surface area contributed by atoms with Crippen molar-refractivity contribution in [2.45, 2.75) is 44.1 Å². The molecule has 1 aromatic rings. The van der Waals surface area contributed by atoms with Gasteiger partial charge in [-0.15, -0.1) is 0 Å². The molecular weight excluding hydrogens is 340 g/mol. The molecule has 2 saturated heterocycles. The number of hydrogen-bond acceptors (Lipinski definition) is 3. The number of guanidine groups is 1. The molecule has 1 saturated carbocycles. The van der Waals surface area contributed by atoms with Gasteiger partial charge in [-0.2, -0.15) is 0 Å². The van der Waals surface area contributed by atoms with E-state index in [0.29, 0.717) is 12.5 Å². The van der Waals surface area contributed by atoms with Crippen LogP contribution in [-0.4, -0.2) is 56.6 Å². The van der Waals surface area contributed by atoms with Crippen LogP contribution in [0.4, 0.5) is 0 Å². The lowest BCUT2D eigenvalue weighted by molar-refractivity contribution is -0.119.